The molecule has 9 nitrogen and oxygen atoms in total. The Bertz CT molecular complexity index is 1260. The molecule has 0 radical (unpaired) electrons. The molecule has 0 aromatic carbocycles. The van der Waals surface area contributed by atoms with Crippen molar-refractivity contribution < 1.29 is 9.13 Å². The van der Waals surface area contributed by atoms with Crippen molar-refractivity contribution in [3.8, 4) is 0 Å². The Morgan fingerprint density at radius 2 is 2.00 bits per heavy atom. The number of fused-ring (bicyclic) bond motifs is 1. The first-order valence-corrected chi connectivity index (χ1v) is 12.8. The summed E-state index contributed by atoms with van der Waals surface area (Å²) >= 11 is 0. The van der Waals surface area contributed by atoms with E-state index in [1.54, 1.807) is 19.4 Å². The summed E-state index contributed by atoms with van der Waals surface area (Å²) in [5.74, 6) is 3.18. The van der Waals surface area contributed by atoms with Crippen LogP contribution < -0.4 is 20.4 Å². The molecule has 3 aromatic rings. The fourth-order valence-electron chi connectivity index (χ4n) is 5.57. The molecule has 3 aromatic heterocycles. The summed E-state index contributed by atoms with van der Waals surface area (Å²) in [6, 6.07) is 3.89. The van der Waals surface area contributed by atoms with Crippen LogP contribution in [0, 0.1) is 0 Å². The summed E-state index contributed by atoms with van der Waals surface area (Å²) in [5.41, 5.74) is 1.41. The van der Waals surface area contributed by atoms with Crippen LogP contribution in [-0.4, -0.2) is 77.6 Å². The highest BCUT2D eigenvalue weighted by atomic mass is 19.1. The van der Waals surface area contributed by atoms with E-state index in [1.807, 2.05) is 17.3 Å². The summed E-state index contributed by atoms with van der Waals surface area (Å²) in [4.78, 5) is 23.0. The second-order valence-electron chi connectivity index (χ2n) is 10.4. The highest BCUT2D eigenvalue weighted by Gasteiger charge is 2.50. The van der Waals surface area contributed by atoms with E-state index in [2.05, 4.69) is 45.4 Å². The lowest BCUT2D eigenvalue weighted by Crippen LogP contribution is -2.76. The van der Waals surface area contributed by atoms with Crippen LogP contribution in [-0.2, 0) is 4.74 Å². The molecule has 2 atom stereocenters. The molecule has 3 aliphatic heterocycles. The topological polar surface area (TPSA) is 91.3 Å². The standard InChI is InChI=1S/C26H33FN8O/c1-16(2)18-11-31-24(35-9-6-26(35)14-28-15-26)19-12-30-23(10-17(18)19)32-22-4-7-29-25(33-22)34-8-5-21(36-3)20(27)13-34/h4,7,10-12,16,20-21,28H,5-6,8-9,13-15H2,1-3H3,(H,29,30,32,33)/t20-,21+/m0/s1. The van der Waals surface area contributed by atoms with Gasteiger partial charge in [0, 0.05) is 57.3 Å². The molecular formula is C26H33FN8O. The van der Waals surface area contributed by atoms with Crippen molar-refractivity contribution in [3.05, 3.63) is 36.3 Å². The molecule has 0 bridgehead atoms. The number of halogens is 1. The summed E-state index contributed by atoms with van der Waals surface area (Å²) < 4.78 is 19.6. The summed E-state index contributed by atoms with van der Waals surface area (Å²) in [6.07, 6.45) is 6.01. The number of hydrogen-bond donors (Lipinski definition) is 2. The molecule has 3 saturated heterocycles. The molecule has 0 amide bonds. The van der Waals surface area contributed by atoms with Gasteiger partial charge in [0.05, 0.1) is 18.2 Å². The molecule has 6 rings (SSSR count). The van der Waals surface area contributed by atoms with Crippen LogP contribution in [0.3, 0.4) is 0 Å². The van der Waals surface area contributed by atoms with E-state index in [-0.39, 0.29) is 18.2 Å². The average Bonchev–Trinajstić information content (AvgIpc) is 2.82. The van der Waals surface area contributed by atoms with Gasteiger partial charge in [-0.15, -0.1) is 0 Å². The molecular weight excluding hydrogens is 459 g/mol. The first kappa shape index (κ1) is 23.3. The second kappa shape index (κ2) is 9.08. The van der Waals surface area contributed by atoms with E-state index in [0.717, 1.165) is 36.2 Å². The molecule has 0 unspecified atom stereocenters. The van der Waals surface area contributed by atoms with E-state index < -0.39 is 6.17 Å². The number of alkyl halides is 1. The van der Waals surface area contributed by atoms with Crippen molar-refractivity contribution in [1.29, 1.82) is 0 Å². The fourth-order valence-corrected chi connectivity index (χ4v) is 5.57. The van der Waals surface area contributed by atoms with Crippen LogP contribution in [0.4, 0.5) is 27.8 Å². The van der Waals surface area contributed by atoms with Gasteiger partial charge in [-0.2, -0.15) is 4.98 Å². The molecule has 3 aliphatic rings. The van der Waals surface area contributed by atoms with E-state index in [0.29, 0.717) is 36.5 Å². The Morgan fingerprint density at radius 1 is 1.14 bits per heavy atom. The number of aromatic nitrogens is 4. The number of nitrogens with one attached hydrogen (secondary N) is 2. The zero-order valence-electron chi connectivity index (χ0n) is 21.0. The van der Waals surface area contributed by atoms with Gasteiger partial charge in [0.15, 0.2) is 0 Å². The lowest BCUT2D eigenvalue weighted by atomic mass is 9.79. The summed E-state index contributed by atoms with van der Waals surface area (Å²) in [6.45, 7) is 8.29. The Hall–Kier alpha value is -3.11. The Kier molecular flexibility index (Phi) is 5.88. The maximum Gasteiger partial charge on any atom is 0.227 e. The SMILES string of the molecule is CO[C@@H]1CCN(c2nccc(Nc3cc4c(C(C)C)cnc(N5CCC56CNC6)c4cn3)n2)C[C@@H]1F. The first-order chi connectivity index (χ1) is 17.5. The molecule has 10 heteroatoms. The first-order valence-electron chi connectivity index (χ1n) is 12.8. The van der Waals surface area contributed by atoms with Gasteiger partial charge in [0.1, 0.15) is 23.6 Å². The number of rotatable bonds is 6. The minimum absolute atomic E-state index is 0.212. The maximum absolute atomic E-state index is 14.4. The molecule has 3 fully saturated rings. The third-order valence-electron chi connectivity index (χ3n) is 7.91. The quantitative estimate of drug-likeness (QED) is 0.537. The second-order valence-corrected chi connectivity index (χ2v) is 10.4. The van der Waals surface area contributed by atoms with Crippen molar-refractivity contribution in [1.82, 2.24) is 25.3 Å². The smallest absolute Gasteiger partial charge is 0.227 e. The lowest BCUT2D eigenvalue weighted by molar-refractivity contribution is 0.0194. The van der Waals surface area contributed by atoms with Crippen molar-refractivity contribution >= 4 is 34.2 Å². The number of pyridine rings is 2. The van der Waals surface area contributed by atoms with Crippen molar-refractivity contribution in [2.24, 2.45) is 0 Å². The number of ether oxygens (including phenoxy) is 1. The van der Waals surface area contributed by atoms with E-state index in [9.17, 15) is 4.39 Å². The zero-order chi connectivity index (χ0) is 24.9. The van der Waals surface area contributed by atoms with E-state index >= 15 is 0 Å². The molecule has 6 heterocycles. The maximum atomic E-state index is 14.4. The number of methoxy groups -OCH3 is 1. The lowest BCUT2D eigenvalue weighted by Gasteiger charge is -2.59. The van der Waals surface area contributed by atoms with Gasteiger partial charge in [-0.1, -0.05) is 13.8 Å². The minimum atomic E-state index is -1.07. The molecule has 36 heavy (non-hydrogen) atoms. The number of anilines is 4. The molecule has 0 saturated carbocycles. The number of piperidine rings is 1. The van der Waals surface area contributed by atoms with E-state index in [4.69, 9.17) is 14.7 Å². The summed E-state index contributed by atoms with van der Waals surface area (Å²) in [5, 5.41) is 8.98. The third-order valence-corrected chi connectivity index (χ3v) is 7.91. The van der Waals surface area contributed by atoms with Crippen LogP contribution in [0.15, 0.2) is 30.7 Å². The van der Waals surface area contributed by atoms with Gasteiger partial charge in [-0.25, -0.2) is 19.3 Å². The largest absolute Gasteiger partial charge is 0.378 e. The third kappa shape index (κ3) is 3.92. The predicted octanol–water partition coefficient (Wildman–Crippen LogP) is 3.40. The Balaban J connectivity index is 1.28. The van der Waals surface area contributed by atoms with Crippen LogP contribution in [0.5, 0.6) is 0 Å². The normalized spacial score (nSPS) is 23.1. The summed E-state index contributed by atoms with van der Waals surface area (Å²) in [7, 11) is 1.56. The van der Waals surface area contributed by atoms with Gasteiger partial charge in [0.2, 0.25) is 5.95 Å². The van der Waals surface area contributed by atoms with Gasteiger partial charge < -0.3 is 25.2 Å². The van der Waals surface area contributed by atoms with Crippen LogP contribution in [0.2, 0.25) is 0 Å². The zero-order valence-corrected chi connectivity index (χ0v) is 21.0. The van der Waals surface area contributed by atoms with Gasteiger partial charge in [-0.05, 0) is 41.8 Å². The van der Waals surface area contributed by atoms with Crippen molar-refractivity contribution in [2.75, 3.05) is 55.0 Å². The van der Waals surface area contributed by atoms with Crippen molar-refractivity contribution in [3.63, 3.8) is 0 Å². The van der Waals surface area contributed by atoms with Crippen molar-refractivity contribution in [2.45, 2.75) is 50.4 Å². The van der Waals surface area contributed by atoms with Gasteiger partial charge in [0.25, 0.3) is 0 Å². The van der Waals surface area contributed by atoms with Crippen LogP contribution >= 0.6 is 0 Å². The predicted molar refractivity (Wildman–Crippen MR) is 139 cm³/mol. The Morgan fingerprint density at radius 3 is 2.67 bits per heavy atom. The van der Waals surface area contributed by atoms with Gasteiger partial charge in [-0.3, -0.25) is 0 Å². The monoisotopic (exact) mass is 492 g/mol. The van der Waals surface area contributed by atoms with Crippen LogP contribution in [0.1, 0.15) is 38.2 Å². The molecule has 190 valence electrons. The minimum Gasteiger partial charge on any atom is -0.378 e. The van der Waals surface area contributed by atoms with E-state index in [1.165, 1.54) is 12.0 Å². The highest BCUT2D eigenvalue weighted by Crippen LogP contribution is 2.42. The number of hydrogen-bond acceptors (Lipinski definition) is 9. The number of nitrogens with zero attached hydrogens (tertiary/aromatic N) is 6. The fraction of sp³-hybridized carbons (Fsp3) is 0.538. The molecule has 0 aliphatic carbocycles. The Labute approximate surface area is 210 Å². The highest BCUT2D eigenvalue weighted by molar-refractivity contribution is 5.96. The molecule has 2 N–H and O–H groups in total. The average molecular weight is 493 g/mol. The van der Waals surface area contributed by atoms with Crippen LogP contribution in [0.25, 0.3) is 10.8 Å². The van der Waals surface area contributed by atoms with Gasteiger partial charge >= 0.3 is 0 Å². The molecule has 1 spiro atoms.